The van der Waals surface area contributed by atoms with Gasteiger partial charge in [-0.25, -0.2) is 4.98 Å². The minimum Gasteiger partial charge on any atom is -0.497 e. The third-order valence-electron chi connectivity index (χ3n) is 5.40. The first kappa shape index (κ1) is 19.6. The second-order valence-corrected chi connectivity index (χ2v) is 8.52. The molecule has 2 aromatic carbocycles. The molecule has 1 fully saturated rings. The van der Waals surface area contributed by atoms with E-state index in [0.717, 1.165) is 45.1 Å². The zero-order valence-electron chi connectivity index (χ0n) is 17.3. The number of aromatic nitrogens is 1. The number of carbonyl (C=O) groups is 1. The molecule has 31 heavy (non-hydrogen) atoms. The third-order valence-corrected chi connectivity index (χ3v) is 6.45. The number of thiazole rings is 1. The van der Waals surface area contributed by atoms with Gasteiger partial charge in [0.1, 0.15) is 11.5 Å². The molecule has 5 rings (SSSR count). The third kappa shape index (κ3) is 3.88. The fraction of sp³-hybridized carbons (Fsp3) is 0.250. The van der Waals surface area contributed by atoms with E-state index in [2.05, 4.69) is 4.98 Å². The maximum atomic E-state index is 13.3. The summed E-state index contributed by atoms with van der Waals surface area (Å²) in [5.41, 5.74) is 1.83. The lowest BCUT2D eigenvalue weighted by Gasteiger charge is -2.23. The monoisotopic (exact) mass is 434 g/mol. The highest BCUT2D eigenvalue weighted by Crippen LogP contribution is 2.35. The van der Waals surface area contributed by atoms with Gasteiger partial charge in [0.15, 0.2) is 16.5 Å². The van der Waals surface area contributed by atoms with E-state index in [1.165, 1.54) is 0 Å². The number of ether oxygens (including phenoxy) is 2. The Bertz CT molecular complexity index is 1210. The van der Waals surface area contributed by atoms with E-state index < -0.39 is 0 Å². The van der Waals surface area contributed by atoms with Crippen molar-refractivity contribution in [2.24, 2.45) is 0 Å². The van der Waals surface area contributed by atoms with Crippen LogP contribution >= 0.6 is 11.3 Å². The topological polar surface area (TPSA) is 64.8 Å². The maximum absolute atomic E-state index is 13.3. The van der Waals surface area contributed by atoms with Gasteiger partial charge in [0.2, 0.25) is 0 Å². The van der Waals surface area contributed by atoms with Gasteiger partial charge in [0, 0.05) is 11.6 Å². The van der Waals surface area contributed by atoms with Crippen LogP contribution in [0.25, 0.3) is 21.0 Å². The Hall–Kier alpha value is -3.32. The molecule has 0 aliphatic heterocycles. The van der Waals surface area contributed by atoms with Crippen molar-refractivity contribution in [1.29, 1.82) is 0 Å². The number of methoxy groups -OCH3 is 2. The lowest BCUT2D eigenvalue weighted by molar-refractivity contribution is 0.0697. The molecular weight excluding hydrogens is 412 g/mol. The van der Waals surface area contributed by atoms with Crippen LogP contribution in [0.3, 0.4) is 0 Å². The molecule has 1 amide bonds. The summed E-state index contributed by atoms with van der Waals surface area (Å²) in [6, 6.07) is 17.3. The van der Waals surface area contributed by atoms with Gasteiger partial charge in [-0.3, -0.25) is 4.79 Å². The van der Waals surface area contributed by atoms with Crippen LogP contribution in [-0.4, -0.2) is 36.1 Å². The molecule has 6 nitrogen and oxygen atoms in total. The van der Waals surface area contributed by atoms with E-state index in [1.54, 1.807) is 31.6 Å². The number of rotatable bonds is 7. The first-order valence-corrected chi connectivity index (χ1v) is 11.0. The van der Waals surface area contributed by atoms with Gasteiger partial charge >= 0.3 is 0 Å². The Morgan fingerprint density at radius 1 is 1.13 bits per heavy atom. The second kappa shape index (κ2) is 8.07. The van der Waals surface area contributed by atoms with Crippen LogP contribution in [0.1, 0.15) is 29.0 Å². The number of para-hydroxylation sites is 1. The van der Waals surface area contributed by atoms with Crippen molar-refractivity contribution < 1.29 is 18.7 Å². The Kier molecular flexibility index (Phi) is 5.11. The largest absolute Gasteiger partial charge is 0.497 e. The molecule has 1 aliphatic rings. The Labute approximate surface area is 184 Å². The Morgan fingerprint density at radius 2 is 1.97 bits per heavy atom. The lowest BCUT2D eigenvalue weighted by atomic mass is 10.1. The molecule has 1 saturated carbocycles. The predicted molar refractivity (Wildman–Crippen MR) is 120 cm³/mol. The first-order chi connectivity index (χ1) is 15.2. The standard InChI is InChI=1S/C24H22N2O4S/c1-28-17-9-10-19(29-2)15(13-17)14-26(16-7-8-16)24(27)21-12-11-20(30-21)23-25-18-5-3-4-6-22(18)31-23/h3-6,9-13,16H,7-8,14H2,1-2H3. The van der Waals surface area contributed by atoms with E-state index in [1.807, 2.05) is 53.4 Å². The number of hydrogen-bond donors (Lipinski definition) is 0. The van der Waals surface area contributed by atoms with Crippen molar-refractivity contribution in [2.75, 3.05) is 14.2 Å². The van der Waals surface area contributed by atoms with Crippen molar-refractivity contribution in [3.8, 4) is 22.3 Å². The molecule has 2 heterocycles. The zero-order chi connectivity index (χ0) is 21.4. The normalized spacial score (nSPS) is 13.4. The average Bonchev–Trinajstić information content (AvgIpc) is 3.35. The van der Waals surface area contributed by atoms with E-state index in [4.69, 9.17) is 13.9 Å². The lowest BCUT2D eigenvalue weighted by Crippen LogP contribution is -2.32. The van der Waals surface area contributed by atoms with Crippen LogP contribution in [0.2, 0.25) is 0 Å². The van der Waals surface area contributed by atoms with Crippen LogP contribution < -0.4 is 9.47 Å². The minimum atomic E-state index is -0.125. The second-order valence-electron chi connectivity index (χ2n) is 7.49. The molecule has 2 aromatic heterocycles. The summed E-state index contributed by atoms with van der Waals surface area (Å²) < 4.78 is 17.9. The highest BCUT2D eigenvalue weighted by Gasteiger charge is 2.35. The molecule has 158 valence electrons. The summed E-state index contributed by atoms with van der Waals surface area (Å²) in [5, 5.41) is 0.771. The van der Waals surface area contributed by atoms with Crippen LogP contribution in [0, 0.1) is 0 Å². The number of fused-ring (bicyclic) bond motifs is 1. The first-order valence-electron chi connectivity index (χ1n) is 10.1. The van der Waals surface area contributed by atoms with E-state index >= 15 is 0 Å². The van der Waals surface area contributed by atoms with Crippen molar-refractivity contribution in [1.82, 2.24) is 9.88 Å². The number of hydrogen-bond acceptors (Lipinski definition) is 6. The SMILES string of the molecule is COc1ccc(OC)c(CN(C(=O)c2ccc(-c3nc4ccccc4s3)o2)C2CC2)c1. The van der Waals surface area contributed by atoms with Gasteiger partial charge in [-0.05, 0) is 55.3 Å². The number of amides is 1. The summed E-state index contributed by atoms with van der Waals surface area (Å²) in [6.45, 7) is 0.432. The predicted octanol–water partition coefficient (Wildman–Crippen LogP) is 5.38. The Balaban J connectivity index is 1.42. The van der Waals surface area contributed by atoms with Crippen LogP contribution in [0.4, 0.5) is 0 Å². The van der Waals surface area contributed by atoms with Gasteiger partial charge in [-0.1, -0.05) is 12.1 Å². The number of carbonyl (C=O) groups excluding carboxylic acids is 1. The molecule has 0 radical (unpaired) electrons. The van der Waals surface area contributed by atoms with Gasteiger partial charge in [-0.15, -0.1) is 11.3 Å². The zero-order valence-corrected chi connectivity index (χ0v) is 18.1. The fourth-order valence-electron chi connectivity index (χ4n) is 3.63. The molecule has 0 bridgehead atoms. The summed E-state index contributed by atoms with van der Waals surface area (Å²) in [7, 11) is 3.26. The van der Waals surface area contributed by atoms with Crippen molar-refractivity contribution in [3.63, 3.8) is 0 Å². The minimum absolute atomic E-state index is 0.125. The molecule has 0 saturated heterocycles. The molecular formula is C24H22N2O4S. The number of furan rings is 1. The quantitative estimate of drug-likeness (QED) is 0.391. The van der Waals surface area contributed by atoms with E-state index in [0.29, 0.717) is 18.1 Å². The van der Waals surface area contributed by atoms with Crippen LogP contribution in [-0.2, 0) is 6.54 Å². The summed E-state index contributed by atoms with van der Waals surface area (Å²) >= 11 is 1.55. The van der Waals surface area contributed by atoms with E-state index in [9.17, 15) is 4.79 Å². The fourth-order valence-corrected chi connectivity index (χ4v) is 4.56. The molecule has 0 N–H and O–H groups in total. The molecule has 0 unspecified atom stereocenters. The molecule has 7 heteroatoms. The van der Waals surface area contributed by atoms with Gasteiger partial charge in [0.05, 0.1) is 31.0 Å². The van der Waals surface area contributed by atoms with Crippen LogP contribution in [0.15, 0.2) is 59.0 Å². The Morgan fingerprint density at radius 3 is 2.71 bits per heavy atom. The van der Waals surface area contributed by atoms with Crippen LogP contribution in [0.5, 0.6) is 11.5 Å². The number of nitrogens with zero attached hydrogens (tertiary/aromatic N) is 2. The summed E-state index contributed by atoms with van der Waals surface area (Å²) in [5.74, 6) is 2.27. The van der Waals surface area contributed by atoms with Gasteiger partial charge < -0.3 is 18.8 Å². The molecule has 4 aromatic rings. The smallest absolute Gasteiger partial charge is 0.290 e. The van der Waals surface area contributed by atoms with Gasteiger partial charge in [-0.2, -0.15) is 0 Å². The maximum Gasteiger partial charge on any atom is 0.290 e. The molecule has 0 spiro atoms. The summed E-state index contributed by atoms with van der Waals surface area (Å²) in [6.07, 6.45) is 1.98. The van der Waals surface area contributed by atoms with Crippen molar-refractivity contribution in [3.05, 3.63) is 65.9 Å². The highest BCUT2D eigenvalue weighted by molar-refractivity contribution is 7.21. The highest BCUT2D eigenvalue weighted by atomic mass is 32.1. The van der Waals surface area contributed by atoms with Crippen molar-refractivity contribution in [2.45, 2.75) is 25.4 Å². The molecule has 1 aliphatic carbocycles. The summed E-state index contributed by atoms with van der Waals surface area (Å²) in [4.78, 5) is 19.8. The molecule has 0 atom stereocenters. The van der Waals surface area contributed by atoms with Gasteiger partial charge in [0.25, 0.3) is 5.91 Å². The average molecular weight is 435 g/mol. The van der Waals surface area contributed by atoms with Crippen molar-refractivity contribution >= 4 is 27.5 Å². The number of benzene rings is 2. The van der Waals surface area contributed by atoms with E-state index in [-0.39, 0.29) is 11.9 Å².